The van der Waals surface area contributed by atoms with Crippen molar-refractivity contribution in [1.29, 1.82) is 0 Å². The zero-order valence-corrected chi connectivity index (χ0v) is 21.2. The van der Waals surface area contributed by atoms with Crippen LogP contribution in [0.3, 0.4) is 0 Å². The Labute approximate surface area is 215 Å². The number of halogens is 2. The average molecular weight is 589 g/mol. The number of para-hydroxylation sites is 1. The molecule has 5 nitrogen and oxygen atoms in total. The Balaban J connectivity index is 1.65. The van der Waals surface area contributed by atoms with Crippen LogP contribution in [0.25, 0.3) is 50.1 Å². The molecule has 3 heterocycles. The van der Waals surface area contributed by atoms with E-state index >= 15 is 0 Å². The van der Waals surface area contributed by atoms with Crippen LogP contribution in [0, 0.1) is 0 Å². The summed E-state index contributed by atoms with van der Waals surface area (Å²) in [6.45, 7) is 0. The maximum Gasteiger partial charge on any atom is 0.345 e. The third-order valence-corrected chi connectivity index (χ3v) is 6.82. The summed E-state index contributed by atoms with van der Waals surface area (Å²) in [5, 5.41) is 1.57. The highest BCUT2D eigenvalue weighted by atomic mass is 79.9. The lowest BCUT2D eigenvalue weighted by Gasteiger charge is -2.14. The molecular weight excluding hydrogens is 574 g/mol. The monoisotopic (exact) mass is 587 g/mol. The van der Waals surface area contributed by atoms with Gasteiger partial charge in [-0.25, -0.2) is 9.59 Å². The summed E-state index contributed by atoms with van der Waals surface area (Å²) in [4.78, 5) is 26.1. The maximum atomic E-state index is 13.0. The van der Waals surface area contributed by atoms with E-state index in [1.54, 1.807) is 12.1 Å². The lowest BCUT2D eigenvalue weighted by atomic mass is 10.1. The first-order valence-electron chi connectivity index (χ1n) is 10.7. The molecule has 0 atom stereocenters. The van der Waals surface area contributed by atoms with Crippen molar-refractivity contribution >= 4 is 53.8 Å². The van der Waals surface area contributed by atoms with Crippen LogP contribution >= 0.6 is 31.9 Å². The van der Waals surface area contributed by atoms with Crippen molar-refractivity contribution in [2.45, 2.75) is 0 Å². The van der Waals surface area contributed by atoms with E-state index in [9.17, 15) is 9.59 Å². The predicted molar refractivity (Wildman–Crippen MR) is 144 cm³/mol. The maximum absolute atomic E-state index is 13.0. The van der Waals surface area contributed by atoms with E-state index in [1.165, 1.54) is 0 Å². The second-order valence-electron chi connectivity index (χ2n) is 8.03. The number of hydrogen-bond acceptors (Lipinski definition) is 4. The minimum absolute atomic E-state index is 0.388. The Morgan fingerprint density at radius 2 is 1.06 bits per heavy atom. The van der Waals surface area contributed by atoms with Crippen molar-refractivity contribution in [3.05, 3.63) is 121 Å². The van der Waals surface area contributed by atoms with Crippen molar-refractivity contribution in [3.63, 3.8) is 0 Å². The molecule has 35 heavy (non-hydrogen) atoms. The highest BCUT2D eigenvalue weighted by Crippen LogP contribution is 2.33. The van der Waals surface area contributed by atoms with Crippen LogP contribution in [0.1, 0.15) is 0 Å². The molecule has 3 aromatic heterocycles. The highest BCUT2D eigenvalue weighted by Gasteiger charge is 2.20. The van der Waals surface area contributed by atoms with Crippen molar-refractivity contribution in [3.8, 4) is 28.2 Å². The summed E-state index contributed by atoms with van der Waals surface area (Å²) >= 11 is 6.95. The molecule has 0 saturated heterocycles. The molecule has 0 aliphatic carbocycles. The minimum Gasteiger partial charge on any atom is -0.422 e. The number of aromatic nitrogens is 1. The molecule has 6 rings (SSSR count). The number of nitrogens with zero attached hydrogens (tertiary/aromatic N) is 1. The molecule has 0 saturated carbocycles. The number of hydrogen-bond donors (Lipinski definition) is 0. The second-order valence-corrected chi connectivity index (χ2v) is 9.87. The molecule has 3 aromatic carbocycles. The fourth-order valence-electron chi connectivity index (χ4n) is 4.26. The number of rotatable bonds is 3. The van der Waals surface area contributed by atoms with Gasteiger partial charge >= 0.3 is 11.3 Å². The Hall–Kier alpha value is -3.68. The number of fused-ring (bicyclic) bond motifs is 2. The molecule has 0 spiro atoms. The smallest absolute Gasteiger partial charge is 0.345 e. The first-order chi connectivity index (χ1) is 17.0. The van der Waals surface area contributed by atoms with Gasteiger partial charge in [-0.1, -0.05) is 50.1 Å². The highest BCUT2D eigenvalue weighted by molar-refractivity contribution is 9.10. The molecule has 0 aliphatic rings. The van der Waals surface area contributed by atoms with Crippen LogP contribution < -0.4 is 11.3 Å². The molecular formula is C28H15Br2NO4. The molecule has 170 valence electrons. The van der Waals surface area contributed by atoms with Crippen LogP contribution in [-0.4, -0.2) is 4.57 Å². The fraction of sp³-hybridized carbons (Fsp3) is 0. The molecule has 7 heteroatoms. The van der Waals surface area contributed by atoms with E-state index in [0.717, 1.165) is 25.4 Å². The summed E-state index contributed by atoms with van der Waals surface area (Å²) in [7, 11) is 0. The third kappa shape index (κ3) is 3.87. The van der Waals surface area contributed by atoms with Crippen molar-refractivity contribution in [2.24, 2.45) is 0 Å². The number of benzene rings is 3. The Morgan fingerprint density at radius 3 is 1.54 bits per heavy atom. The lowest BCUT2D eigenvalue weighted by Crippen LogP contribution is -2.10. The van der Waals surface area contributed by atoms with Gasteiger partial charge in [0, 0.05) is 25.4 Å². The second kappa shape index (κ2) is 8.52. The van der Waals surface area contributed by atoms with Crippen molar-refractivity contribution in [1.82, 2.24) is 4.57 Å². The van der Waals surface area contributed by atoms with Crippen LogP contribution in [0.4, 0.5) is 0 Å². The zero-order valence-electron chi connectivity index (χ0n) is 18.0. The first-order valence-corrected chi connectivity index (χ1v) is 12.3. The predicted octanol–water partition coefficient (Wildman–Crippen LogP) is 7.55. The van der Waals surface area contributed by atoms with E-state index in [2.05, 4.69) is 31.9 Å². The molecule has 0 bridgehead atoms. The molecule has 0 fully saturated rings. The molecule has 0 aliphatic heterocycles. The standard InChI is InChI=1S/C28H15Br2NO4/c29-18-6-10-25-16(12-18)14-21(27(32)34-25)23-8-9-24(31(23)20-4-2-1-3-5-20)22-15-17-13-19(30)7-11-26(17)35-28(22)33/h1-15H. The molecule has 0 unspecified atom stereocenters. The van der Waals surface area contributed by atoms with Gasteiger partial charge in [-0.05, 0) is 72.8 Å². The van der Waals surface area contributed by atoms with Gasteiger partial charge in [0.15, 0.2) is 0 Å². The van der Waals surface area contributed by atoms with E-state index in [0.29, 0.717) is 33.7 Å². The zero-order chi connectivity index (χ0) is 24.1. The van der Waals surface area contributed by atoms with Crippen LogP contribution in [0.15, 0.2) is 118 Å². The molecule has 0 N–H and O–H groups in total. The third-order valence-electron chi connectivity index (χ3n) is 5.84. The summed E-state index contributed by atoms with van der Waals surface area (Å²) in [6.07, 6.45) is 0. The van der Waals surface area contributed by atoms with Gasteiger partial charge in [-0.2, -0.15) is 0 Å². The fourth-order valence-corrected chi connectivity index (χ4v) is 5.02. The van der Waals surface area contributed by atoms with Crippen LogP contribution in [-0.2, 0) is 0 Å². The van der Waals surface area contributed by atoms with E-state index in [4.69, 9.17) is 8.83 Å². The van der Waals surface area contributed by atoms with Gasteiger partial charge in [0.2, 0.25) is 0 Å². The Morgan fingerprint density at radius 1 is 0.571 bits per heavy atom. The van der Waals surface area contributed by atoms with Gasteiger partial charge < -0.3 is 13.4 Å². The van der Waals surface area contributed by atoms with Crippen LogP contribution in [0.5, 0.6) is 0 Å². The van der Waals surface area contributed by atoms with Crippen molar-refractivity contribution in [2.75, 3.05) is 0 Å². The lowest BCUT2D eigenvalue weighted by molar-refractivity contribution is 0.562. The van der Waals surface area contributed by atoms with Crippen molar-refractivity contribution < 1.29 is 8.83 Å². The minimum atomic E-state index is -0.462. The van der Waals surface area contributed by atoms with Gasteiger partial charge in [0.1, 0.15) is 11.2 Å². The summed E-state index contributed by atoms with van der Waals surface area (Å²) in [6, 6.07) is 27.8. The normalized spacial score (nSPS) is 11.4. The Bertz CT molecular complexity index is 1750. The van der Waals surface area contributed by atoms with Gasteiger partial charge in [-0.15, -0.1) is 0 Å². The summed E-state index contributed by atoms with van der Waals surface area (Å²) < 4.78 is 14.9. The van der Waals surface area contributed by atoms with Gasteiger partial charge in [0.25, 0.3) is 0 Å². The first kappa shape index (κ1) is 21.8. The van der Waals surface area contributed by atoms with Gasteiger partial charge in [0.05, 0.1) is 22.5 Å². The topological polar surface area (TPSA) is 65.3 Å². The van der Waals surface area contributed by atoms with E-state index in [1.807, 2.05) is 83.4 Å². The Kier molecular flexibility index (Phi) is 5.31. The van der Waals surface area contributed by atoms with E-state index in [-0.39, 0.29) is 0 Å². The molecule has 0 radical (unpaired) electrons. The molecule has 0 amide bonds. The average Bonchev–Trinajstić information content (AvgIpc) is 3.29. The summed E-state index contributed by atoms with van der Waals surface area (Å²) in [5.74, 6) is 0. The van der Waals surface area contributed by atoms with Gasteiger partial charge in [-0.3, -0.25) is 0 Å². The van der Waals surface area contributed by atoms with E-state index < -0.39 is 11.3 Å². The van der Waals surface area contributed by atoms with Crippen LogP contribution in [0.2, 0.25) is 0 Å². The molecule has 6 aromatic rings. The summed E-state index contributed by atoms with van der Waals surface area (Å²) in [5.41, 5.74) is 2.86. The largest absolute Gasteiger partial charge is 0.422 e. The quantitative estimate of drug-likeness (QED) is 0.200. The SMILES string of the molecule is O=c1oc2ccc(Br)cc2cc1-c1ccc(-c2cc3cc(Br)ccc3oc2=O)n1-c1ccccc1.